The van der Waals surface area contributed by atoms with E-state index in [1.165, 1.54) is 12.1 Å². The Morgan fingerprint density at radius 1 is 1.53 bits per heavy atom. The zero-order valence-electron chi connectivity index (χ0n) is 10.3. The molecule has 2 rings (SSSR count). The van der Waals surface area contributed by atoms with E-state index in [-0.39, 0.29) is 11.6 Å². The Kier molecular flexibility index (Phi) is 3.29. The third-order valence-corrected chi connectivity index (χ3v) is 3.46. The monoisotopic (exact) mass is 236 g/mol. The lowest BCUT2D eigenvalue weighted by Crippen LogP contribution is -2.35. The van der Waals surface area contributed by atoms with Crippen LogP contribution < -0.4 is 0 Å². The number of Topliss-reactive ketones (excluding diaryl/α,β-unsaturated/α-hetero) is 1. The zero-order chi connectivity index (χ0) is 12.5. The average Bonchev–Trinajstić information content (AvgIpc) is 2.71. The van der Waals surface area contributed by atoms with Crippen molar-refractivity contribution in [3.63, 3.8) is 0 Å². The number of halogens is 1. The number of benzene rings is 1. The van der Waals surface area contributed by atoms with Crippen molar-refractivity contribution >= 4 is 5.78 Å². The Hall–Kier alpha value is -1.22. The minimum Gasteiger partial charge on any atom is -0.367 e. The lowest BCUT2D eigenvalue weighted by atomic mass is 9.91. The van der Waals surface area contributed by atoms with E-state index < -0.39 is 5.60 Å². The Morgan fingerprint density at radius 2 is 2.29 bits per heavy atom. The van der Waals surface area contributed by atoms with Gasteiger partial charge in [0, 0.05) is 13.0 Å². The molecule has 1 unspecified atom stereocenters. The fourth-order valence-electron chi connectivity index (χ4n) is 2.22. The van der Waals surface area contributed by atoms with Gasteiger partial charge in [-0.15, -0.1) is 0 Å². The van der Waals surface area contributed by atoms with Crippen molar-refractivity contribution in [2.24, 2.45) is 0 Å². The maximum Gasteiger partial charge on any atom is 0.168 e. The van der Waals surface area contributed by atoms with Crippen LogP contribution in [0.2, 0.25) is 0 Å². The first-order chi connectivity index (χ1) is 8.01. The molecule has 3 heteroatoms. The van der Waals surface area contributed by atoms with Gasteiger partial charge in [-0.3, -0.25) is 4.79 Å². The summed E-state index contributed by atoms with van der Waals surface area (Å²) < 4.78 is 18.5. The van der Waals surface area contributed by atoms with Gasteiger partial charge < -0.3 is 4.74 Å². The zero-order valence-corrected chi connectivity index (χ0v) is 10.3. The van der Waals surface area contributed by atoms with E-state index in [0.717, 1.165) is 24.0 Å². The van der Waals surface area contributed by atoms with Crippen LogP contribution in [0.3, 0.4) is 0 Å². The lowest BCUT2D eigenvalue weighted by molar-refractivity contribution is -0.136. The van der Waals surface area contributed by atoms with Gasteiger partial charge in [0.05, 0.1) is 0 Å². The van der Waals surface area contributed by atoms with Crippen LogP contribution in [0, 0.1) is 12.7 Å². The van der Waals surface area contributed by atoms with Gasteiger partial charge in [0.15, 0.2) is 5.78 Å². The highest BCUT2D eigenvalue weighted by Gasteiger charge is 2.37. The Morgan fingerprint density at radius 3 is 2.88 bits per heavy atom. The summed E-state index contributed by atoms with van der Waals surface area (Å²) in [5, 5.41) is 0. The van der Waals surface area contributed by atoms with E-state index >= 15 is 0 Å². The maximum absolute atomic E-state index is 13.0. The number of ketones is 1. The molecule has 0 saturated carbocycles. The van der Waals surface area contributed by atoms with E-state index in [1.807, 2.05) is 13.8 Å². The molecule has 1 aromatic rings. The number of hydrogen-bond acceptors (Lipinski definition) is 2. The highest BCUT2D eigenvalue weighted by Crippen LogP contribution is 2.27. The second kappa shape index (κ2) is 4.57. The van der Waals surface area contributed by atoms with Gasteiger partial charge in [-0.05, 0) is 49.9 Å². The molecule has 1 heterocycles. The Balaban J connectivity index is 2.13. The van der Waals surface area contributed by atoms with Crippen LogP contribution >= 0.6 is 0 Å². The summed E-state index contributed by atoms with van der Waals surface area (Å²) in [4.78, 5) is 12.2. The second-order valence-corrected chi connectivity index (χ2v) is 4.85. The summed E-state index contributed by atoms with van der Waals surface area (Å²) >= 11 is 0. The molecule has 17 heavy (non-hydrogen) atoms. The van der Waals surface area contributed by atoms with Crippen LogP contribution in [-0.4, -0.2) is 18.0 Å². The highest BCUT2D eigenvalue weighted by atomic mass is 19.1. The van der Waals surface area contributed by atoms with Crippen LogP contribution in [-0.2, 0) is 16.0 Å². The van der Waals surface area contributed by atoms with Crippen molar-refractivity contribution in [3.8, 4) is 0 Å². The number of carbonyl (C=O) groups is 1. The highest BCUT2D eigenvalue weighted by molar-refractivity contribution is 5.89. The third kappa shape index (κ3) is 2.55. The predicted molar refractivity (Wildman–Crippen MR) is 63.4 cm³/mol. The summed E-state index contributed by atoms with van der Waals surface area (Å²) in [6.07, 6.45) is 2.04. The molecule has 0 N–H and O–H groups in total. The Bertz CT molecular complexity index is 434. The normalized spacial score (nSPS) is 23.9. The topological polar surface area (TPSA) is 26.3 Å². The third-order valence-electron chi connectivity index (χ3n) is 3.46. The summed E-state index contributed by atoms with van der Waals surface area (Å²) in [6.45, 7) is 4.33. The molecule has 0 aromatic heterocycles. The first-order valence-corrected chi connectivity index (χ1v) is 5.93. The smallest absolute Gasteiger partial charge is 0.168 e. The number of carbonyl (C=O) groups excluding carboxylic acids is 1. The van der Waals surface area contributed by atoms with Crippen LogP contribution in [0.5, 0.6) is 0 Å². The summed E-state index contributed by atoms with van der Waals surface area (Å²) in [7, 11) is 0. The molecule has 0 amide bonds. The van der Waals surface area contributed by atoms with Gasteiger partial charge in [0.1, 0.15) is 11.4 Å². The van der Waals surface area contributed by atoms with Crippen molar-refractivity contribution in [3.05, 3.63) is 35.1 Å². The molecule has 0 bridgehead atoms. The first-order valence-electron chi connectivity index (χ1n) is 5.93. The molecule has 1 aliphatic rings. The average molecular weight is 236 g/mol. The van der Waals surface area contributed by atoms with Crippen molar-refractivity contribution in [2.45, 2.75) is 38.7 Å². The van der Waals surface area contributed by atoms with E-state index in [1.54, 1.807) is 6.07 Å². The molecule has 1 aromatic carbocycles. The van der Waals surface area contributed by atoms with E-state index in [4.69, 9.17) is 4.74 Å². The minimum atomic E-state index is -0.638. The molecule has 1 fully saturated rings. The van der Waals surface area contributed by atoms with E-state index in [0.29, 0.717) is 13.0 Å². The summed E-state index contributed by atoms with van der Waals surface area (Å²) in [5.74, 6) is -0.174. The lowest BCUT2D eigenvalue weighted by Gasteiger charge is -2.21. The summed E-state index contributed by atoms with van der Waals surface area (Å²) in [6, 6.07) is 4.54. The predicted octanol–water partition coefficient (Wildman–Crippen LogP) is 2.81. The molecular formula is C14H17FO2. The van der Waals surface area contributed by atoms with Gasteiger partial charge in [0.25, 0.3) is 0 Å². The quantitative estimate of drug-likeness (QED) is 0.806. The summed E-state index contributed by atoms with van der Waals surface area (Å²) in [5.41, 5.74) is 1.06. The van der Waals surface area contributed by atoms with Gasteiger partial charge in [-0.1, -0.05) is 6.07 Å². The fraction of sp³-hybridized carbons (Fsp3) is 0.500. The van der Waals surface area contributed by atoms with Gasteiger partial charge in [-0.25, -0.2) is 4.39 Å². The Labute approximate surface area is 101 Å². The maximum atomic E-state index is 13.0. The van der Waals surface area contributed by atoms with Gasteiger partial charge in [0.2, 0.25) is 0 Å². The molecule has 0 radical (unpaired) electrons. The fourth-order valence-corrected chi connectivity index (χ4v) is 2.22. The van der Waals surface area contributed by atoms with Crippen LogP contribution in [0.4, 0.5) is 4.39 Å². The van der Waals surface area contributed by atoms with Crippen molar-refractivity contribution in [1.82, 2.24) is 0 Å². The molecule has 0 aliphatic carbocycles. The number of ether oxygens (including phenoxy) is 1. The molecule has 1 saturated heterocycles. The molecule has 1 aliphatic heterocycles. The van der Waals surface area contributed by atoms with Crippen LogP contribution in [0.25, 0.3) is 0 Å². The van der Waals surface area contributed by atoms with Gasteiger partial charge in [-0.2, -0.15) is 0 Å². The second-order valence-electron chi connectivity index (χ2n) is 4.85. The van der Waals surface area contributed by atoms with Gasteiger partial charge >= 0.3 is 0 Å². The minimum absolute atomic E-state index is 0.0877. The van der Waals surface area contributed by atoms with E-state index in [9.17, 15) is 9.18 Å². The SMILES string of the molecule is Cc1cc(F)ccc1CC(=O)C1(C)CCCO1. The molecular weight excluding hydrogens is 219 g/mol. The van der Waals surface area contributed by atoms with E-state index in [2.05, 4.69) is 0 Å². The number of aryl methyl sites for hydroxylation is 1. The number of hydrogen-bond donors (Lipinski definition) is 0. The van der Waals surface area contributed by atoms with Crippen molar-refractivity contribution in [1.29, 1.82) is 0 Å². The number of rotatable bonds is 3. The van der Waals surface area contributed by atoms with Crippen LogP contribution in [0.15, 0.2) is 18.2 Å². The largest absolute Gasteiger partial charge is 0.367 e. The van der Waals surface area contributed by atoms with Crippen molar-refractivity contribution in [2.75, 3.05) is 6.61 Å². The van der Waals surface area contributed by atoms with Crippen molar-refractivity contribution < 1.29 is 13.9 Å². The molecule has 1 atom stereocenters. The first kappa shape index (κ1) is 12.2. The standard InChI is InChI=1S/C14H17FO2/c1-10-8-12(15)5-4-11(10)9-13(16)14(2)6-3-7-17-14/h4-5,8H,3,6-7,9H2,1-2H3. The van der Waals surface area contributed by atoms with Crippen LogP contribution in [0.1, 0.15) is 30.9 Å². The molecule has 2 nitrogen and oxygen atoms in total. The molecule has 0 spiro atoms. The molecule has 92 valence electrons.